The first kappa shape index (κ1) is 20.7. The molecule has 30 heavy (non-hydrogen) atoms. The summed E-state index contributed by atoms with van der Waals surface area (Å²) in [6.07, 6.45) is 0.304. The van der Waals surface area contributed by atoms with E-state index in [0.29, 0.717) is 16.9 Å². The Morgan fingerprint density at radius 2 is 2.00 bits per heavy atom. The molecule has 0 aliphatic heterocycles. The lowest BCUT2D eigenvalue weighted by Crippen LogP contribution is -2.19. The van der Waals surface area contributed by atoms with Crippen LogP contribution in [0.4, 0.5) is 13.2 Å². The minimum absolute atomic E-state index is 0.0362. The summed E-state index contributed by atoms with van der Waals surface area (Å²) in [5.74, 6) is -0.586. The number of halogens is 3. The topological polar surface area (TPSA) is 98.6 Å². The van der Waals surface area contributed by atoms with Crippen molar-refractivity contribution in [2.24, 2.45) is 5.10 Å². The van der Waals surface area contributed by atoms with Crippen LogP contribution in [-0.4, -0.2) is 40.5 Å². The van der Waals surface area contributed by atoms with Crippen LogP contribution in [0.2, 0.25) is 0 Å². The molecule has 8 nitrogen and oxygen atoms in total. The number of nitrogens with one attached hydrogen (secondary N) is 1. The molecular weight excluding hydrogens is 403 g/mol. The summed E-state index contributed by atoms with van der Waals surface area (Å²) in [5.41, 5.74) is 3.59. The summed E-state index contributed by atoms with van der Waals surface area (Å²) < 4.78 is 45.4. The molecule has 0 fully saturated rings. The minimum atomic E-state index is -4.84. The maximum absolute atomic E-state index is 12.2. The molecule has 0 bridgehead atoms. The van der Waals surface area contributed by atoms with E-state index in [4.69, 9.17) is 4.74 Å². The molecule has 3 rings (SSSR count). The molecule has 0 saturated carbocycles. The third kappa shape index (κ3) is 5.74. The molecule has 0 unspecified atom stereocenters. The van der Waals surface area contributed by atoms with E-state index in [-0.39, 0.29) is 11.4 Å². The molecule has 11 heteroatoms. The number of aromatic nitrogens is 3. The number of hydrogen-bond acceptors (Lipinski definition) is 7. The predicted octanol–water partition coefficient (Wildman–Crippen LogP) is 3.21. The number of pyridine rings is 1. The van der Waals surface area contributed by atoms with Gasteiger partial charge in [0.05, 0.1) is 31.4 Å². The molecule has 3 aromatic rings. The van der Waals surface area contributed by atoms with E-state index in [0.717, 1.165) is 12.3 Å². The molecule has 1 amide bonds. The van der Waals surface area contributed by atoms with Gasteiger partial charge in [-0.2, -0.15) is 5.10 Å². The molecule has 2 aromatic heterocycles. The minimum Gasteiger partial charge on any atom is -0.497 e. The molecule has 1 aromatic carbocycles. The Kier molecular flexibility index (Phi) is 6.20. The smallest absolute Gasteiger partial charge is 0.497 e. The normalized spacial score (nSPS) is 11.3. The van der Waals surface area contributed by atoms with Crippen LogP contribution in [-0.2, 0) is 0 Å². The maximum atomic E-state index is 12.2. The fourth-order valence-corrected chi connectivity index (χ4v) is 2.27. The van der Waals surface area contributed by atoms with E-state index < -0.39 is 18.1 Å². The fraction of sp³-hybridized carbons (Fsp3) is 0.105. The number of nitrogens with zero attached hydrogens (tertiary/aromatic N) is 4. The monoisotopic (exact) mass is 417 g/mol. The molecule has 0 atom stereocenters. The lowest BCUT2D eigenvalue weighted by atomic mass is 10.2. The number of methoxy groups -OCH3 is 1. The van der Waals surface area contributed by atoms with Crippen molar-refractivity contribution in [3.63, 3.8) is 0 Å². The van der Waals surface area contributed by atoms with Crippen molar-refractivity contribution in [1.29, 1.82) is 0 Å². The van der Waals surface area contributed by atoms with Crippen LogP contribution in [0, 0.1) is 0 Å². The summed E-state index contributed by atoms with van der Waals surface area (Å²) in [7, 11) is 1.54. The molecule has 0 spiro atoms. The van der Waals surface area contributed by atoms with Crippen LogP contribution in [0.15, 0.2) is 60.1 Å². The largest absolute Gasteiger partial charge is 0.574 e. The Hall–Kier alpha value is -4.02. The van der Waals surface area contributed by atoms with Gasteiger partial charge < -0.3 is 9.47 Å². The number of benzene rings is 1. The molecule has 0 aliphatic carbocycles. The van der Waals surface area contributed by atoms with Crippen molar-refractivity contribution in [1.82, 2.24) is 20.4 Å². The average Bonchev–Trinajstić information content (AvgIpc) is 2.73. The number of hydrazone groups is 1. The first-order chi connectivity index (χ1) is 14.3. The first-order valence-electron chi connectivity index (χ1n) is 8.36. The first-order valence-corrected chi connectivity index (χ1v) is 8.36. The Morgan fingerprint density at radius 3 is 2.70 bits per heavy atom. The van der Waals surface area contributed by atoms with Gasteiger partial charge in [0.2, 0.25) is 5.88 Å². The van der Waals surface area contributed by atoms with Gasteiger partial charge >= 0.3 is 6.36 Å². The zero-order valence-electron chi connectivity index (χ0n) is 15.4. The summed E-state index contributed by atoms with van der Waals surface area (Å²) in [5, 5.41) is 3.86. The van der Waals surface area contributed by atoms with Crippen LogP contribution in [0.25, 0.3) is 11.3 Å². The maximum Gasteiger partial charge on any atom is 0.574 e. The molecule has 0 saturated heterocycles. The average molecular weight is 417 g/mol. The molecule has 0 aliphatic rings. The van der Waals surface area contributed by atoms with Gasteiger partial charge in [0, 0.05) is 17.8 Å². The van der Waals surface area contributed by atoms with Gasteiger partial charge in [-0.25, -0.2) is 15.4 Å². The second-order valence-electron chi connectivity index (χ2n) is 5.70. The van der Waals surface area contributed by atoms with Crippen molar-refractivity contribution >= 4 is 12.1 Å². The molecular formula is C19H14F3N5O3. The van der Waals surface area contributed by atoms with E-state index in [1.54, 1.807) is 24.3 Å². The van der Waals surface area contributed by atoms with Gasteiger partial charge in [-0.1, -0.05) is 12.1 Å². The van der Waals surface area contributed by atoms with Crippen molar-refractivity contribution < 1.29 is 27.4 Å². The fourth-order valence-electron chi connectivity index (χ4n) is 2.27. The number of ether oxygens (including phenoxy) is 2. The summed E-state index contributed by atoms with van der Waals surface area (Å²) in [6, 6.07) is 9.41. The van der Waals surface area contributed by atoms with Crippen molar-refractivity contribution in [3.05, 3.63) is 66.2 Å². The molecule has 0 radical (unpaired) electrons. The zero-order chi connectivity index (χ0) is 21.6. The van der Waals surface area contributed by atoms with Gasteiger partial charge in [0.1, 0.15) is 11.4 Å². The predicted molar refractivity (Wildman–Crippen MR) is 100 cm³/mol. The lowest BCUT2D eigenvalue weighted by molar-refractivity contribution is -0.276. The van der Waals surface area contributed by atoms with Gasteiger partial charge in [-0.05, 0) is 23.8 Å². The highest BCUT2D eigenvalue weighted by Crippen LogP contribution is 2.23. The van der Waals surface area contributed by atoms with Gasteiger partial charge in [0.25, 0.3) is 5.91 Å². The van der Waals surface area contributed by atoms with Gasteiger partial charge in [0.15, 0.2) is 0 Å². The van der Waals surface area contributed by atoms with Crippen LogP contribution in [0.5, 0.6) is 11.6 Å². The van der Waals surface area contributed by atoms with Crippen LogP contribution < -0.4 is 14.9 Å². The Balaban J connectivity index is 1.68. The van der Waals surface area contributed by atoms with Crippen LogP contribution in [0.1, 0.15) is 16.1 Å². The highest BCUT2D eigenvalue weighted by atomic mass is 19.4. The van der Waals surface area contributed by atoms with Crippen molar-refractivity contribution in [2.75, 3.05) is 7.11 Å². The zero-order valence-corrected chi connectivity index (χ0v) is 15.4. The Morgan fingerprint density at radius 1 is 1.17 bits per heavy atom. The van der Waals surface area contributed by atoms with Crippen LogP contribution in [0.3, 0.4) is 0 Å². The van der Waals surface area contributed by atoms with Gasteiger partial charge in [-0.3, -0.25) is 9.78 Å². The van der Waals surface area contributed by atoms with Gasteiger partial charge in [-0.15, -0.1) is 13.2 Å². The molecule has 1 N–H and O–H groups in total. The van der Waals surface area contributed by atoms with E-state index in [9.17, 15) is 18.0 Å². The van der Waals surface area contributed by atoms with Crippen molar-refractivity contribution in [2.45, 2.75) is 6.36 Å². The summed E-state index contributed by atoms with van der Waals surface area (Å²) in [4.78, 5) is 23.9. The van der Waals surface area contributed by atoms with E-state index in [1.807, 2.05) is 0 Å². The third-order valence-electron chi connectivity index (χ3n) is 3.59. The van der Waals surface area contributed by atoms with E-state index in [2.05, 4.69) is 30.2 Å². The second kappa shape index (κ2) is 8.99. The van der Waals surface area contributed by atoms with Crippen molar-refractivity contribution in [3.8, 4) is 22.9 Å². The number of hydrogen-bond donors (Lipinski definition) is 1. The highest BCUT2D eigenvalue weighted by Gasteiger charge is 2.31. The number of carbonyl (C=O) groups is 1. The number of amides is 1. The second-order valence-corrected chi connectivity index (χ2v) is 5.70. The van der Waals surface area contributed by atoms with Crippen LogP contribution >= 0.6 is 0 Å². The summed E-state index contributed by atoms with van der Waals surface area (Å²) in [6.45, 7) is 0. The van der Waals surface area contributed by atoms with E-state index in [1.165, 1.54) is 31.8 Å². The highest BCUT2D eigenvalue weighted by molar-refractivity contribution is 5.93. The Bertz CT molecular complexity index is 1060. The standard InChI is InChI=1S/C19H14F3N5O3/c1-29-14-4-2-3-12(7-14)8-25-27-18(28)16-11-23-10-15(26-16)13-5-6-17(24-9-13)30-19(20,21)22/h2-11H,1H3,(H,27,28)/b25-8+. The van der Waals surface area contributed by atoms with E-state index >= 15 is 0 Å². The summed E-state index contributed by atoms with van der Waals surface area (Å²) >= 11 is 0. The lowest BCUT2D eigenvalue weighted by Gasteiger charge is -2.08. The number of carbonyl (C=O) groups excluding carboxylic acids is 1. The SMILES string of the molecule is COc1cccc(/C=N/NC(=O)c2cncc(-c3ccc(OC(F)(F)F)nc3)n2)c1. The molecule has 2 heterocycles. The number of rotatable bonds is 6. The quantitative estimate of drug-likeness (QED) is 0.489. The molecule has 154 valence electrons. The third-order valence-corrected chi connectivity index (χ3v) is 3.59. The number of alkyl halides is 3. The Labute approximate surface area is 168 Å².